The molecule has 1 aromatic carbocycles. The largest absolute Gasteiger partial charge is 0.494 e. The molecule has 4 nitrogen and oxygen atoms in total. The minimum absolute atomic E-state index is 0.0549. The molecule has 1 amide bonds. The van der Waals surface area contributed by atoms with Crippen LogP contribution in [0.4, 0.5) is 5.69 Å². The van der Waals surface area contributed by atoms with Gasteiger partial charge in [0.15, 0.2) is 0 Å². The van der Waals surface area contributed by atoms with Crippen LogP contribution in [-0.4, -0.2) is 25.2 Å². The Bertz CT molecular complexity index is 424. The summed E-state index contributed by atoms with van der Waals surface area (Å²) in [5, 5.41) is 2.88. The number of benzene rings is 1. The fraction of sp³-hybridized carbons (Fsp3) is 0.588. The molecule has 4 heteroatoms. The zero-order chi connectivity index (χ0) is 14.9. The van der Waals surface area contributed by atoms with Crippen LogP contribution in [0.5, 0.6) is 5.75 Å². The molecule has 0 bridgehead atoms. The topological polar surface area (TPSA) is 47.6 Å². The molecule has 0 radical (unpaired) electrons. The van der Waals surface area contributed by atoms with Crippen LogP contribution in [0.25, 0.3) is 0 Å². The number of ether oxygens (including phenoxy) is 2. The fourth-order valence-electron chi connectivity index (χ4n) is 2.36. The van der Waals surface area contributed by atoms with E-state index < -0.39 is 0 Å². The highest BCUT2D eigenvalue weighted by molar-refractivity contribution is 5.94. The van der Waals surface area contributed by atoms with Gasteiger partial charge in [0.1, 0.15) is 11.9 Å². The van der Waals surface area contributed by atoms with E-state index in [4.69, 9.17) is 9.47 Å². The van der Waals surface area contributed by atoms with Gasteiger partial charge in [-0.3, -0.25) is 4.79 Å². The fourth-order valence-corrected chi connectivity index (χ4v) is 2.36. The second-order valence-corrected chi connectivity index (χ2v) is 5.42. The Balaban J connectivity index is 1.72. The third kappa shape index (κ3) is 5.38. The van der Waals surface area contributed by atoms with Crippen molar-refractivity contribution in [1.29, 1.82) is 0 Å². The van der Waals surface area contributed by atoms with Crippen LogP contribution in [0, 0.1) is 0 Å². The number of anilines is 1. The molecule has 1 unspecified atom stereocenters. The van der Waals surface area contributed by atoms with E-state index in [0.717, 1.165) is 37.3 Å². The highest BCUT2D eigenvalue weighted by Crippen LogP contribution is 2.18. The van der Waals surface area contributed by atoms with Crippen LogP contribution in [0.1, 0.15) is 45.4 Å². The zero-order valence-electron chi connectivity index (χ0n) is 12.8. The van der Waals surface area contributed by atoms with Crippen LogP contribution in [0.15, 0.2) is 24.3 Å². The molecule has 1 heterocycles. The van der Waals surface area contributed by atoms with Crippen molar-refractivity contribution >= 4 is 11.6 Å². The lowest BCUT2D eigenvalue weighted by molar-refractivity contribution is -0.124. The Morgan fingerprint density at radius 2 is 2.10 bits per heavy atom. The molecule has 1 aliphatic rings. The quantitative estimate of drug-likeness (QED) is 0.742. The molecule has 1 fully saturated rings. The standard InChI is InChI=1S/C17H25NO3/c1-2-3-4-5-12-20-15-10-8-14(9-11-15)18-17(19)16-7-6-13-21-16/h8-11,16H,2-7,12-13H2,1H3,(H,18,19). The highest BCUT2D eigenvalue weighted by atomic mass is 16.5. The number of carbonyl (C=O) groups is 1. The molecule has 1 atom stereocenters. The maximum atomic E-state index is 11.9. The SMILES string of the molecule is CCCCCCOc1ccc(NC(=O)C2CCCO2)cc1. The lowest BCUT2D eigenvalue weighted by Gasteiger charge is -2.11. The van der Waals surface area contributed by atoms with Gasteiger partial charge in [-0.05, 0) is 43.5 Å². The summed E-state index contributed by atoms with van der Waals surface area (Å²) in [6.07, 6.45) is 6.28. The van der Waals surface area contributed by atoms with Gasteiger partial charge in [-0.2, -0.15) is 0 Å². The second kappa shape index (κ2) is 8.67. The van der Waals surface area contributed by atoms with E-state index in [0.29, 0.717) is 6.61 Å². The molecular weight excluding hydrogens is 266 g/mol. The number of nitrogens with one attached hydrogen (secondary N) is 1. The van der Waals surface area contributed by atoms with Crippen LogP contribution < -0.4 is 10.1 Å². The van der Waals surface area contributed by atoms with Crippen molar-refractivity contribution in [3.8, 4) is 5.75 Å². The van der Waals surface area contributed by atoms with E-state index in [-0.39, 0.29) is 12.0 Å². The molecule has 116 valence electrons. The first-order valence-corrected chi connectivity index (χ1v) is 7.95. The summed E-state index contributed by atoms with van der Waals surface area (Å²) >= 11 is 0. The zero-order valence-corrected chi connectivity index (χ0v) is 12.8. The van der Waals surface area contributed by atoms with E-state index in [2.05, 4.69) is 12.2 Å². The molecule has 1 aliphatic heterocycles. The molecule has 21 heavy (non-hydrogen) atoms. The summed E-state index contributed by atoms with van der Waals surface area (Å²) in [6.45, 7) is 3.63. The molecule has 2 rings (SSSR count). The Morgan fingerprint density at radius 1 is 1.29 bits per heavy atom. The van der Waals surface area contributed by atoms with E-state index in [1.807, 2.05) is 24.3 Å². The summed E-state index contributed by atoms with van der Waals surface area (Å²) < 4.78 is 11.0. The number of unbranched alkanes of at least 4 members (excludes halogenated alkanes) is 3. The Kier molecular flexibility index (Phi) is 6.54. The predicted molar refractivity (Wildman–Crippen MR) is 83.7 cm³/mol. The lowest BCUT2D eigenvalue weighted by Crippen LogP contribution is -2.26. The molecule has 0 saturated carbocycles. The Morgan fingerprint density at radius 3 is 2.76 bits per heavy atom. The number of rotatable bonds is 8. The average Bonchev–Trinajstić information content (AvgIpc) is 3.03. The summed E-state index contributed by atoms with van der Waals surface area (Å²) in [6, 6.07) is 7.53. The predicted octanol–water partition coefficient (Wildman–Crippen LogP) is 3.76. The van der Waals surface area contributed by atoms with Gasteiger partial charge in [-0.1, -0.05) is 26.2 Å². The Hall–Kier alpha value is -1.55. The first kappa shape index (κ1) is 15.8. The number of hydrogen-bond donors (Lipinski definition) is 1. The van der Waals surface area contributed by atoms with Crippen LogP contribution in [-0.2, 0) is 9.53 Å². The van der Waals surface area contributed by atoms with Gasteiger partial charge in [0, 0.05) is 12.3 Å². The number of carbonyl (C=O) groups excluding carboxylic acids is 1. The summed E-state index contributed by atoms with van der Waals surface area (Å²) in [5.74, 6) is 0.794. The van der Waals surface area contributed by atoms with Crippen molar-refractivity contribution in [2.24, 2.45) is 0 Å². The third-order valence-electron chi connectivity index (χ3n) is 3.61. The van der Waals surface area contributed by atoms with Gasteiger partial charge in [-0.15, -0.1) is 0 Å². The number of hydrogen-bond acceptors (Lipinski definition) is 3. The van der Waals surface area contributed by atoms with Crippen LogP contribution >= 0.6 is 0 Å². The van der Waals surface area contributed by atoms with Crippen LogP contribution in [0.3, 0.4) is 0 Å². The molecule has 1 aromatic rings. The van der Waals surface area contributed by atoms with Crippen molar-refractivity contribution in [2.75, 3.05) is 18.5 Å². The number of amides is 1. The van der Waals surface area contributed by atoms with Crippen molar-refractivity contribution in [1.82, 2.24) is 0 Å². The molecule has 0 spiro atoms. The first-order valence-electron chi connectivity index (χ1n) is 7.95. The van der Waals surface area contributed by atoms with Crippen molar-refractivity contribution < 1.29 is 14.3 Å². The molecular formula is C17H25NO3. The van der Waals surface area contributed by atoms with Gasteiger partial charge < -0.3 is 14.8 Å². The van der Waals surface area contributed by atoms with E-state index in [1.165, 1.54) is 19.3 Å². The van der Waals surface area contributed by atoms with Crippen molar-refractivity contribution in [3.63, 3.8) is 0 Å². The van der Waals surface area contributed by atoms with E-state index in [1.54, 1.807) is 0 Å². The monoisotopic (exact) mass is 291 g/mol. The molecule has 1 saturated heterocycles. The van der Waals surface area contributed by atoms with Gasteiger partial charge >= 0.3 is 0 Å². The average molecular weight is 291 g/mol. The van der Waals surface area contributed by atoms with E-state index in [9.17, 15) is 4.79 Å². The molecule has 0 aromatic heterocycles. The highest BCUT2D eigenvalue weighted by Gasteiger charge is 2.23. The van der Waals surface area contributed by atoms with Gasteiger partial charge in [0.25, 0.3) is 5.91 Å². The summed E-state index contributed by atoms with van der Waals surface area (Å²) in [5.41, 5.74) is 0.786. The second-order valence-electron chi connectivity index (χ2n) is 5.42. The summed E-state index contributed by atoms with van der Waals surface area (Å²) in [7, 11) is 0. The molecule has 0 aliphatic carbocycles. The Labute approximate surface area is 126 Å². The maximum absolute atomic E-state index is 11.9. The van der Waals surface area contributed by atoms with Crippen molar-refractivity contribution in [2.45, 2.75) is 51.6 Å². The van der Waals surface area contributed by atoms with Gasteiger partial charge in [0.2, 0.25) is 0 Å². The minimum atomic E-state index is -0.292. The van der Waals surface area contributed by atoms with E-state index >= 15 is 0 Å². The van der Waals surface area contributed by atoms with Gasteiger partial charge in [-0.25, -0.2) is 0 Å². The van der Waals surface area contributed by atoms with Crippen molar-refractivity contribution in [3.05, 3.63) is 24.3 Å². The van der Waals surface area contributed by atoms with Gasteiger partial charge in [0.05, 0.1) is 6.61 Å². The molecule has 1 N–H and O–H groups in total. The smallest absolute Gasteiger partial charge is 0.253 e. The summed E-state index contributed by atoms with van der Waals surface area (Å²) in [4.78, 5) is 11.9. The maximum Gasteiger partial charge on any atom is 0.253 e. The minimum Gasteiger partial charge on any atom is -0.494 e. The normalized spacial score (nSPS) is 17.7. The third-order valence-corrected chi connectivity index (χ3v) is 3.61. The lowest BCUT2D eigenvalue weighted by atomic mass is 10.2. The first-order chi connectivity index (χ1) is 10.3. The van der Waals surface area contributed by atoms with Crippen LogP contribution in [0.2, 0.25) is 0 Å².